The fourth-order valence-corrected chi connectivity index (χ4v) is 1.05. The minimum absolute atomic E-state index is 0.383. The number of rotatable bonds is 4. The van der Waals surface area contributed by atoms with Crippen LogP contribution < -0.4 is 4.74 Å². The Kier molecular flexibility index (Phi) is 3.71. The summed E-state index contributed by atoms with van der Waals surface area (Å²) >= 11 is 0. The molecular weight excluding hydrogens is 176 g/mol. The number of hydrogen-bond acceptors (Lipinski definition) is 2. The number of carbonyl (C=O) groups excluding carboxylic acids is 1. The van der Waals surface area contributed by atoms with Crippen LogP contribution in [0.3, 0.4) is 0 Å². The van der Waals surface area contributed by atoms with Crippen LogP contribution in [0.25, 0.3) is 0 Å². The first-order valence-electron chi connectivity index (χ1n) is 4.31. The van der Waals surface area contributed by atoms with E-state index in [9.17, 15) is 4.79 Å². The van der Waals surface area contributed by atoms with Gasteiger partial charge < -0.3 is 4.74 Å². The molecule has 14 heavy (non-hydrogen) atoms. The Labute approximate surface area is 83.5 Å². The maximum atomic E-state index is 10.7. The van der Waals surface area contributed by atoms with Gasteiger partial charge in [-0.05, 0) is 30.7 Å². The fourth-order valence-electron chi connectivity index (χ4n) is 1.05. The third-order valence-corrected chi connectivity index (χ3v) is 1.76. The summed E-state index contributed by atoms with van der Waals surface area (Å²) in [6.45, 7) is 5.75. The van der Waals surface area contributed by atoms with E-state index in [4.69, 9.17) is 4.74 Å². The van der Waals surface area contributed by atoms with Crippen LogP contribution in [0.5, 0.6) is 5.75 Å². The average molecular weight is 188 g/mol. The first-order chi connectivity index (χ1) is 6.77. The topological polar surface area (TPSA) is 26.3 Å². The normalized spacial score (nSPS) is 8.93. The van der Waals surface area contributed by atoms with Crippen molar-refractivity contribution in [1.82, 2.24) is 0 Å². The van der Waals surface area contributed by atoms with E-state index in [2.05, 4.69) is 12.3 Å². The van der Waals surface area contributed by atoms with Gasteiger partial charge >= 0.3 is 0 Å². The summed E-state index contributed by atoms with van der Waals surface area (Å²) < 4.78 is 5.36. The van der Waals surface area contributed by atoms with E-state index in [1.54, 1.807) is 12.1 Å². The lowest BCUT2D eigenvalue weighted by Gasteiger charge is -2.06. The van der Waals surface area contributed by atoms with Crippen molar-refractivity contribution in [3.05, 3.63) is 47.7 Å². The van der Waals surface area contributed by atoms with Gasteiger partial charge in [0, 0.05) is 0 Å². The van der Waals surface area contributed by atoms with Gasteiger partial charge in [0.15, 0.2) is 6.29 Å². The molecule has 72 valence electrons. The van der Waals surface area contributed by atoms with Crippen molar-refractivity contribution in [1.29, 1.82) is 0 Å². The molecule has 0 atom stereocenters. The van der Waals surface area contributed by atoms with E-state index in [-0.39, 0.29) is 0 Å². The van der Waals surface area contributed by atoms with Crippen molar-refractivity contribution < 1.29 is 9.53 Å². The van der Waals surface area contributed by atoms with Crippen LogP contribution in [0.15, 0.2) is 36.6 Å². The van der Waals surface area contributed by atoms with Crippen LogP contribution in [0, 0.1) is 6.92 Å². The molecule has 1 rings (SSSR count). The molecule has 0 amide bonds. The second-order valence-corrected chi connectivity index (χ2v) is 2.88. The predicted molar refractivity (Wildman–Crippen MR) is 55.8 cm³/mol. The summed E-state index contributed by atoms with van der Waals surface area (Å²) in [6, 6.07) is 5.45. The van der Waals surface area contributed by atoms with Crippen molar-refractivity contribution in [2.75, 3.05) is 6.61 Å². The Morgan fingerprint density at radius 2 is 2.36 bits per heavy atom. The minimum Gasteiger partial charge on any atom is -0.488 e. The number of hydrogen-bond donors (Lipinski definition) is 0. The van der Waals surface area contributed by atoms with E-state index >= 15 is 0 Å². The molecule has 0 saturated carbocycles. The zero-order chi connectivity index (χ0) is 10.4. The third kappa shape index (κ3) is 2.61. The van der Waals surface area contributed by atoms with Crippen molar-refractivity contribution in [3.63, 3.8) is 0 Å². The smallest absolute Gasteiger partial charge is 0.153 e. The van der Waals surface area contributed by atoms with Crippen LogP contribution in [-0.4, -0.2) is 12.9 Å². The molecule has 2 nitrogen and oxygen atoms in total. The predicted octanol–water partition coefficient (Wildman–Crippen LogP) is 2.53. The molecule has 0 aromatic heterocycles. The molecule has 0 radical (unpaired) electrons. The quantitative estimate of drug-likeness (QED) is 0.536. The van der Waals surface area contributed by atoms with E-state index in [0.717, 1.165) is 11.8 Å². The summed E-state index contributed by atoms with van der Waals surface area (Å²) in [5.41, 5.74) is 4.23. The lowest BCUT2D eigenvalue weighted by atomic mass is 10.1. The van der Waals surface area contributed by atoms with E-state index in [1.807, 2.05) is 19.1 Å². The maximum absolute atomic E-state index is 10.7. The molecule has 0 heterocycles. The molecule has 2 heteroatoms. The average Bonchev–Trinajstić information content (AvgIpc) is 2.19. The van der Waals surface area contributed by atoms with Crippen molar-refractivity contribution >= 4 is 6.29 Å². The highest BCUT2D eigenvalue weighted by Crippen LogP contribution is 2.18. The molecule has 0 unspecified atom stereocenters. The van der Waals surface area contributed by atoms with Crippen molar-refractivity contribution in [2.24, 2.45) is 0 Å². The summed E-state index contributed by atoms with van der Waals surface area (Å²) in [5, 5.41) is 0. The standard InChI is InChI=1S/C12H12O2/c1-3-4-7-14-12-8-10(2)5-6-11(12)9-13/h4-6,8-9H,1,7H2,2H3. The highest BCUT2D eigenvalue weighted by Gasteiger charge is 2.01. The van der Waals surface area contributed by atoms with Gasteiger partial charge in [0.1, 0.15) is 12.4 Å². The number of benzene rings is 1. The zero-order valence-corrected chi connectivity index (χ0v) is 8.12. The van der Waals surface area contributed by atoms with E-state index in [0.29, 0.717) is 17.9 Å². The van der Waals surface area contributed by atoms with Crippen LogP contribution in [0.2, 0.25) is 0 Å². The third-order valence-electron chi connectivity index (χ3n) is 1.76. The molecule has 0 N–H and O–H groups in total. The Hall–Kier alpha value is -1.79. The van der Waals surface area contributed by atoms with E-state index in [1.165, 1.54) is 0 Å². The number of carbonyl (C=O) groups is 1. The summed E-state index contributed by atoms with van der Waals surface area (Å²) in [7, 11) is 0. The van der Waals surface area contributed by atoms with Gasteiger partial charge in [-0.25, -0.2) is 0 Å². The first-order valence-corrected chi connectivity index (χ1v) is 4.31. The molecule has 0 fully saturated rings. The Morgan fingerprint density at radius 3 is 3.00 bits per heavy atom. The molecule has 1 aromatic rings. The highest BCUT2D eigenvalue weighted by atomic mass is 16.5. The van der Waals surface area contributed by atoms with Gasteiger partial charge in [-0.3, -0.25) is 4.79 Å². The summed E-state index contributed by atoms with van der Waals surface area (Å²) in [6.07, 6.45) is 2.45. The lowest BCUT2D eigenvalue weighted by molar-refractivity contribution is 0.112. The molecule has 0 saturated heterocycles. The van der Waals surface area contributed by atoms with Crippen molar-refractivity contribution in [2.45, 2.75) is 6.92 Å². The summed E-state index contributed by atoms with van der Waals surface area (Å²) in [4.78, 5) is 10.7. The van der Waals surface area contributed by atoms with Gasteiger partial charge in [0.05, 0.1) is 5.56 Å². The molecule has 0 aliphatic rings. The zero-order valence-electron chi connectivity index (χ0n) is 8.12. The van der Waals surface area contributed by atoms with Crippen LogP contribution >= 0.6 is 0 Å². The Bertz CT molecular complexity index is 374. The molecule has 0 aliphatic heterocycles. The van der Waals surface area contributed by atoms with Crippen molar-refractivity contribution in [3.8, 4) is 5.75 Å². The Balaban J connectivity index is 2.86. The molecule has 0 aliphatic carbocycles. The second kappa shape index (κ2) is 5.05. The monoisotopic (exact) mass is 188 g/mol. The van der Waals surface area contributed by atoms with Gasteiger partial charge in [-0.1, -0.05) is 12.6 Å². The van der Waals surface area contributed by atoms with Gasteiger partial charge in [-0.2, -0.15) is 0 Å². The van der Waals surface area contributed by atoms with Gasteiger partial charge in [0.25, 0.3) is 0 Å². The number of aldehydes is 1. The highest BCUT2D eigenvalue weighted by molar-refractivity contribution is 5.79. The van der Waals surface area contributed by atoms with E-state index < -0.39 is 0 Å². The fraction of sp³-hybridized carbons (Fsp3) is 0.167. The second-order valence-electron chi connectivity index (χ2n) is 2.88. The van der Waals surface area contributed by atoms with Crippen LogP contribution in [0.4, 0.5) is 0 Å². The molecule has 0 bridgehead atoms. The maximum Gasteiger partial charge on any atom is 0.153 e. The minimum atomic E-state index is 0.383. The number of ether oxygens (including phenoxy) is 1. The molecular formula is C12H12O2. The lowest BCUT2D eigenvalue weighted by Crippen LogP contribution is -1.97. The van der Waals surface area contributed by atoms with Gasteiger partial charge in [-0.15, -0.1) is 5.73 Å². The SMILES string of the molecule is C=C=CCOc1cc(C)ccc1C=O. The van der Waals surface area contributed by atoms with Crippen LogP contribution in [-0.2, 0) is 0 Å². The number of aryl methyl sites for hydroxylation is 1. The summed E-state index contributed by atoms with van der Waals surface area (Å²) in [5.74, 6) is 0.603. The van der Waals surface area contributed by atoms with Crippen LogP contribution in [0.1, 0.15) is 15.9 Å². The largest absolute Gasteiger partial charge is 0.488 e. The molecule has 0 spiro atoms. The van der Waals surface area contributed by atoms with Gasteiger partial charge in [0.2, 0.25) is 0 Å². The molecule has 1 aromatic carbocycles. The first kappa shape index (κ1) is 10.3. The Morgan fingerprint density at radius 1 is 1.57 bits per heavy atom.